The van der Waals surface area contributed by atoms with Crippen molar-refractivity contribution in [3.8, 4) is 5.75 Å². The van der Waals surface area contributed by atoms with Gasteiger partial charge < -0.3 is 20.7 Å². The average molecular weight is 423 g/mol. The Hall–Kier alpha value is -3.65. The molecule has 3 N–H and O–H groups in total. The van der Waals surface area contributed by atoms with Gasteiger partial charge in [0.25, 0.3) is 17.7 Å². The number of hydrogen-bond donors (Lipinski definition) is 3. The van der Waals surface area contributed by atoms with Gasteiger partial charge in [-0.25, -0.2) is 0 Å². The molecular weight excluding hydrogens is 402 g/mol. The molecule has 0 bridgehead atoms. The average Bonchev–Trinajstić information content (AvgIpc) is 3.32. The van der Waals surface area contributed by atoms with Gasteiger partial charge in [-0.15, -0.1) is 11.3 Å². The lowest BCUT2D eigenvalue weighted by Crippen LogP contribution is -2.34. The predicted molar refractivity (Wildman–Crippen MR) is 116 cm³/mol. The molecule has 3 aromatic rings. The Morgan fingerprint density at radius 3 is 2.00 bits per heavy atom. The van der Waals surface area contributed by atoms with Gasteiger partial charge in [0.15, 0.2) is 0 Å². The first kappa shape index (κ1) is 21.1. The van der Waals surface area contributed by atoms with E-state index in [2.05, 4.69) is 16.0 Å². The summed E-state index contributed by atoms with van der Waals surface area (Å²) >= 11 is 1.36. The van der Waals surface area contributed by atoms with Crippen molar-refractivity contribution < 1.29 is 19.1 Å². The van der Waals surface area contributed by atoms with E-state index in [0.717, 1.165) is 0 Å². The molecule has 0 atom stereocenters. The van der Waals surface area contributed by atoms with Crippen molar-refractivity contribution in [2.24, 2.45) is 0 Å². The summed E-state index contributed by atoms with van der Waals surface area (Å²) in [6.45, 7) is 0.643. The fraction of sp³-hybridized carbons (Fsp3) is 0.136. The Bertz CT molecular complexity index is 1000. The minimum atomic E-state index is -0.256. The fourth-order valence-corrected chi connectivity index (χ4v) is 3.24. The van der Waals surface area contributed by atoms with E-state index in [0.29, 0.717) is 40.5 Å². The highest BCUT2D eigenvalue weighted by Gasteiger charge is 2.09. The molecule has 0 saturated carbocycles. The van der Waals surface area contributed by atoms with Crippen molar-refractivity contribution in [2.75, 3.05) is 25.5 Å². The lowest BCUT2D eigenvalue weighted by molar-refractivity contribution is 0.0929. The number of anilines is 1. The van der Waals surface area contributed by atoms with Gasteiger partial charge in [0.1, 0.15) is 5.75 Å². The lowest BCUT2D eigenvalue weighted by Gasteiger charge is -2.08. The van der Waals surface area contributed by atoms with E-state index in [9.17, 15) is 14.4 Å². The van der Waals surface area contributed by atoms with E-state index in [1.807, 2.05) is 11.4 Å². The number of thiophene rings is 1. The number of carbonyl (C=O) groups is 3. The number of ether oxygens (including phenoxy) is 1. The highest BCUT2D eigenvalue weighted by molar-refractivity contribution is 7.12. The van der Waals surface area contributed by atoms with Gasteiger partial charge >= 0.3 is 0 Å². The summed E-state index contributed by atoms with van der Waals surface area (Å²) in [6, 6.07) is 16.9. The van der Waals surface area contributed by atoms with Gasteiger partial charge in [-0.1, -0.05) is 6.07 Å². The standard InChI is InChI=1S/C22H21N3O4S/c1-29-18-10-6-16(7-11-18)21(27)25-17-8-4-15(5-9-17)20(26)23-12-13-24-22(28)19-3-2-14-30-19/h2-11,14H,12-13H2,1H3,(H,23,26)(H,24,28)(H,25,27). The van der Waals surface area contributed by atoms with Gasteiger partial charge in [0.05, 0.1) is 12.0 Å². The van der Waals surface area contributed by atoms with Crippen molar-refractivity contribution in [2.45, 2.75) is 0 Å². The van der Waals surface area contributed by atoms with Crippen LogP contribution in [-0.4, -0.2) is 37.9 Å². The third-order valence-electron chi connectivity index (χ3n) is 4.20. The Balaban J connectivity index is 1.45. The zero-order chi connectivity index (χ0) is 21.3. The maximum absolute atomic E-state index is 12.3. The van der Waals surface area contributed by atoms with Crippen LogP contribution in [0.15, 0.2) is 66.0 Å². The number of rotatable bonds is 8. The van der Waals surface area contributed by atoms with Crippen LogP contribution in [0.5, 0.6) is 5.75 Å². The first-order valence-corrected chi connectivity index (χ1v) is 10.1. The molecule has 0 unspecified atom stereocenters. The smallest absolute Gasteiger partial charge is 0.261 e. The molecule has 7 nitrogen and oxygen atoms in total. The van der Waals surface area contributed by atoms with E-state index < -0.39 is 0 Å². The zero-order valence-electron chi connectivity index (χ0n) is 16.3. The maximum Gasteiger partial charge on any atom is 0.261 e. The van der Waals surface area contributed by atoms with Crippen LogP contribution < -0.4 is 20.7 Å². The van der Waals surface area contributed by atoms with Crippen molar-refractivity contribution in [3.05, 3.63) is 82.0 Å². The third kappa shape index (κ3) is 5.68. The van der Waals surface area contributed by atoms with Crippen LogP contribution in [0.25, 0.3) is 0 Å². The molecule has 0 spiro atoms. The van der Waals surface area contributed by atoms with Crippen molar-refractivity contribution in [1.82, 2.24) is 10.6 Å². The van der Waals surface area contributed by atoms with Crippen molar-refractivity contribution in [1.29, 1.82) is 0 Å². The van der Waals surface area contributed by atoms with Crippen molar-refractivity contribution >= 4 is 34.7 Å². The first-order valence-electron chi connectivity index (χ1n) is 9.22. The summed E-state index contributed by atoms with van der Waals surface area (Å²) in [5.74, 6) is 0.00828. The van der Waals surface area contributed by atoms with Crippen LogP contribution in [-0.2, 0) is 0 Å². The molecule has 0 aliphatic rings. The number of hydrogen-bond acceptors (Lipinski definition) is 5. The molecule has 154 valence electrons. The lowest BCUT2D eigenvalue weighted by atomic mass is 10.1. The molecule has 0 aliphatic heterocycles. The second kappa shape index (κ2) is 10.2. The van der Waals surface area contributed by atoms with Crippen LogP contribution >= 0.6 is 11.3 Å². The molecule has 3 rings (SSSR count). The van der Waals surface area contributed by atoms with Gasteiger partial charge in [-0.05, 0) is 60.0 Å². The normalized spacial score (nSPS) is 10.2. The predicted octanol–water partition coefficient (Wildman–Crippen LogP) is 3.17. The van der Waals surface area contributed by atoms with E-state index >= 15 is 0 Å². The number of amides is 3. The molecule has 0 saturated heterocycles. The summed E-state index contributed by atoms with van der Waals surface area (Å²) in [5, 5.41) is 10.1. The van der Waals surface area contributed by atoms with Crippen LogP contribution in [0.1, 0.15) is 30.4 Å². The summed E-state index contributed by atoms with van der Waals surface area (Å²) in [7, 11) is 1.56. The van der Waals surface area contributed by atoms with Crippen LogP contribution in [0.2, 0.25) is 0 Å². The summed E-state index contributed by atoms with van der Waals surface area (Å²) in [5.41, 5.74) is 1.54. The van der Waals surface area contributed by atoms with Crippen LogP contribution in [0.4, 0.5) is 5.69 Å². The quantitative estimate of drug-likeness (QED) is 0.485. The van der Waals surface area contributed by atoms with Gasteiger partial charge in [-0.3, -0.25) is 14.4 Å². The molecule has 0 radical (unpaired) electrons. The SMILES string of the molecule is COc1ccc(C(=O)Nc2ccc(C(=O)NCCNC(=O)c3cccs3)cc2)cc1. The Morgan fingerprint density at radius 1 is 0.800 bits per heavy atom. The number of benzene rings is 2. The van der Waals surface area contributed by atoms with Crippen molar-refractivity contribution in [3.63, 3.8) is 0 Å². The van der Waals surface area contributed by atoms with E-state index in [1.165, 1.54) is 11.3 Å². The minimum absolute atomic E-state index is 0.156. The number of nitrogens with one attached hydrogen (secondary N) is 3. The van der Waals surface area contributed by atoms with Gasteiger partial charge in [0.2, 0.25) is 0 Å². The van der Waals surface area contributed by atoms with Crippen LogP contribution in [0.3, 0.4) is 0 Å². The monoisotopic (exact) mass is 423 g/mol. The van der Waals surface area contributed by atoms with E-state index in [1.54, 1.807) is 61.7 Å². The largest absolute Gasteiger partial charge is 0.497 e. The van der Waals surface area contributed by atoms with E-state index in [4.69, 9.17) is 4.74 Å². The van der Waals surface area contributed by atoms with E-state index in [-0.39, 0.29) is 17.7 Å². The first-order chi connectivity index (χ1) is 14.6. The topological polar surface area (TPSA) is 96.5 Å². The van der Waals surface area contributed by atoms with Crippen LogP contribution in [0, 0.1) is 0 Å². The molecule has 8 heteroatoms. The second-order valence-electron chi connectivity index (χ2n) is 6.25. The summed E-state index contributed by atoms with van der Waals surface area (Å²) in [4.78, 5) is 37.0. The highest BCUT2D eigenvalue weighted by Crippen LogP contribution is 2.14. The zero-order valence-corrected chi connectivity index (χ0v) is 17.1. The number of methoxy groups -OCH3 is 1. The molecule has 3 amide bonds. The molecule has 1 aromatic heterocycles. The Morgan fingerprint density at radius 2 is 1.40 bits per heavy atom. The Kier molecular flexibility index (Phi) is 7.18. The Labute approximate surface area is 178 Å². The summed E-state index contributed by atoms with van der Waals surface area (Å²) < 4.78 is 5.08. The molecule has 30 heavy (non-hydrogen) atoms. The summed E-state index contributed by atoms with van der Waals surface area (Å²) in [6.07, 6.45) is 0. The second-order valence-corrected chi connectivity index (χ2v) is 7.20. The third-order valence-corrected chi connectivity index (χ3v) is 5.07. The highest BCUT2D eigenvalue weighted by atomic mass is 32.1. The molecular formula is C22H21N3O4S. The van der Waals surface area contributed by atoms with Gasteiger partial charge in [-0.2, -0.15) is 0 Å². The molecule has 0 aliphatic carbocycles. The fourth-order valence-electron chi connectivity index (χ4n) is 2.60. The van der Waals surface area contributed by atoms with Gasteiger partial charge in [0, 0.05) is 29.9 Å². The number of carbonyl (C=O) groups excluding carboxylic acids is 3. The molecule has 1 heterocycles. The minimum Gasteiger partial charge on any atom is -0.497 e. The maximum atomic E-state index is 12.3. The molecule has 2 aromatic carbocycles. The molecule has 0 fully saturated rings.